The lowest BCUT2D eigenvalue weighted by atomic mass is 10.1. The molecule has 7 nitrogen and oxygen atoms in total. The summed E-state index contributed by atoms with van der Waals surface area (Å²) in [6.07, 6.45) is 0.408. The van der Waals surface area contributed by atoms with Crippen LogP contribution < -0.4 is 0 Å². The minimum atomic E-state index is -1.72. The second-order valence-electron chi connectivity index (χ2n) is 4.45. The molecule has 0 bridgehead atoms. The number of rotatable bonds is 4. The Hall–Kier alpha value is -1.66. The second kappa shape index (κ2) is 3.41. The highest BCUT2D eigenvalue weighted by molar-refractivity contribution is 5.91. The summed E-state index contributed by atoms with van der Waals surface area (Å²) in [6, 6.07) is 0. The largest absolute Gasteiger partial charge is 0.469 e. The third kappa shape index (κ3) is 1.28. The van der Waals surface area contributed by atoms with E-state index in [2.05, 4.69) is 4.74 Å². The molecule has 2 saturated carbocycles. The molecule has 0 amide bonds. The van der Waals surface area contributed by atoms with Gasteiger partial charge in [0.25, 0.3) is 0 Å². The van der Waals surface area contributed by atoms with Crippen molar-refractivity contribution in [1.29, 1.82) is 0 Å². The molecule has 2 fully saturated rings. The van der Waals surface area contributed by atoms with Gasteiger partial charge in [-0.3, -0.25) is 14.9 Å². The Morgan fingerprint density at radius 2 is 2.18 bits per heavy atom. The molecule has 0 radical (unpaired) electrons. The molecule has 0 heterocycles. The van der Waals surface area contributed by atoms with Gasteiger partial charge >= 0.3 is 17.5 Å². The first-order valence-electron chi connectivity index (χ1n) is 5.36. The van der Waals surface area contributed by atoms with Crippen molar-refractivity contribution in [2.24, 2.45) is 11.3 Å². The lowest BCUT2D eigenvalue weighted by Gasteiger charge is -2.07. The quantitative estimate of drug-likeness (QED) is 0.396. The van der Waals surface area contributed by atoms with Crippen LogP contribution in [0.3, 0.4) is 0 Å². The van der Waals surface area contributed by atoms with Gasteiger partial charge in [0.05, 0.1) is 25.0 Å². The Kier molecular flexibility index (Phi) is 2.37. The van der Waals surface area contributed by atoms with Crippen molar-refractivity contribution >= 4 is 11.9 Å². The molecule has 7 heteroatoms. The van der Waals surface area contributed by atoms with E-state index in [1.165, 1.54) is 7.11 Å². The van der Waals surface area contributed by atoms with Crippen LogP contribution in [0.25, 0.3) is 0 Å². The predicted octanol–water partition coefficient (Wildman–Crippen LogP) is 0.148. The van der Waals surface area contributed by atoms with E-state index in [1.807, 2.05) is 0 Å². The molecular formula is C10H13NO6. The van der Waals surface area contributed by atoms with Gasteiger partial charge in [0.2, 0.25) is 0 Å². The highest BCUT2D eigenvalue weighted by Gasteiger charge is 2.94. The van der Waals surface area contributed by atoms with Crippen molar-refractivity contribution in [2.45, 2.75) is 25.3 Å². The number of nitrogens with zero attached hydrogens (tertiary/aromatic N) is 1. The van der Waals surface area contributed by atoms with Crippen molar-refractivity contribution in [2.75, 3.05) is 13.7 Å². The normalized spacial score (nSPS) is 37.4. The minimum absolute atomic E-state index is 0.0750. The van der Waals surface area contributed by atoms with Crippen LogP contribution in [0, 0.1) is 21.4 Å². The SMILES string of the molecule is CCOC(=O)C1([N+](=O)[O-])CC12CC2C(=O)OC. The molecule has 0 saturated heterocycles. The third-order valence-electron chi connectivity index (χ3n) is 3.76. The van der Waals surface area contributed by atoms with Gasteiger partial charge in [-0.2, -0.15) is 0 Å². The van der Waals surface area contributed by atoms with Gasteiger partial charge in [0.15, 0.2) is 0 Å². The molecule has 2 aliphatic carbocycles. The summed E-state index contributed by atoms with van der Waals surface area (Å²) in [5, 5.41) is 11.1. The Morgan fingerprint density at radius 1 is 1.53 bits per heavy atom. The maximum absolute atomic E-state index is 11.7. The summed E-state index contributed by atoms with van der Waals surface area (Å²) in [5.41, 5.74) is -2.57. The van der Waals surface area contributed by atoms with Crippen molar-refractivity contribution in [1.82, 2.24) is 0 Å². The Balaban J connectivity index is 2.18. The first-order valence-corrected chi connectivity index (χ1v) is 5.36. The average molecular weight is 243 g/mol. The Bertz CT molecular complexity index is 408. The van der Waals surface area contributed by atoms with E-state index in [0.29, 0.717) is 6.42 Å². The summed E-state index contributed by atoms with van der Waals surface area (Å²) in [7, 11) is 1.23. The number of ether oxygens (including phenoxy) is 2. The molecule has 0 aliphatic heterocycles. The molecule has 3 atom stereocenters. The van der Waals surface area contributed by atoms with Gasteiger partial charge in [0, 0.05) is 11.3 Å². The van der Waals surface area contributed by atoms with Crippen molar-refractivity contribution < 1.29 is 24.0 Å². The summed E-state index contributed by atoms with van der Waals surface area (Å²) in [5.74, 6) is -1.86. The summed E-state index contributed by atoms with van der Waals surface area (Å²) >= 11 is 0. The van der Waals surface area contributed by atoms with E-state index in [1.54, 1.807) is 6.92 Å². The minimum Gasteiger partial charge on any atom is -0.469 e. The summed E-state index contributed by atoms with van der Waals surface area (Å²) < 4.78 is 9.28. The monoisotopic (exact) mass is 243 g/mol. The van der Waals surface area contributed by atoms with E-state index in [0.717, 1.165) is 0 Å². The number of hydrogen-bond donors (Lipinski definition) is 0. The fourth-order valence-corrected chi connectivity index (χ4v) is 2.67. The van der Waals surface area contributed by atoms with Crippen LogP contribution in [0.1, 0.15) is 19.8 Å². The van der Waals surface area contributed by atoms with E-state index in [4.69, 9.17) is 4.74 Å². The topological polar surface area (TPSA) is 95.7 Å². The maximum atomic E-state index is 11.7. The van der Waals surface area contributed by atoms with Crippen LogP contribution in [-0.4, -0.2) is 36.1 Å². The summed E-state index contributed by atoms with van der Waals surface area (Å²) in [4.78, 5) is 33.4. The number of nitro groups is 1. The third-order valence-corrected chi connectivity index (χ3v) is 3.76. The van der Waals surface area contributed by atoms with Crippen LogP contribution in [0.4, 0.5) is 0 Å². The lowest BCUT2D eigenvalue weighted by molar-refractivity contribution is -0.531. The molecule has 94 valence electrons. The van der Waals surface area contributed by atoms with Gasteiger partial charge in [-0.15, -0.1) is 0 Å². The number of carbonyl (C=O) groups is 2. The molecular weight excluding hydrogens is 230 g/mol. The van der Waals surface area contributed by atoms with E-state index in [9.17, 15) is 19.7 Å². The van der Waals surface area contributed by atoms with E-state index < -0.39 is 33.7 Å². The molecule has 0 aromatic rings. The first-order chi connectivity index (χ1) is 7.96. The highest BCUT2D eigenvalue weighted by atomic mass is 16.6. The van der Waals surface area contributed by atoms with E-state index in [-0.39, 0.29) is 13.0 Å². The van der Waals surface area contributed by atoms with E-state index >= 15 is 0 Å². The maximum Gasteiger partial charge on any atom is 0.385 e. The average Bonchev–Trinajstić information content (AvgIpc) is 3.16. The van der Waals surface area contributed by atoms with Crippen LogP contribution in [0.2, 0.25) is 0 Å². The van der Waals surface area contributed by atoms with Crippen LogP contribution in [0.15, 0.2) is 0 Å². The molecule has 17 heavy (non-hydrogen) atoms. The smallest absolute Gasteiger partial charge is 0.385 e. The second-order valence-corrected chi connectivity index (χ2v) is 4.45. The van der Waals surface area contributed by atoms with Crippen molar-refractivity contribution in [3.63, 3.8) is 0 Å². The Morgan fingerprint density at radius 3 is 2.65 bits per heavy atom. The number of hydrogen-bond acceptors (Lipinski definition) is 6. The molecule has 2 aliphatic rings. The van der Waals surface area contributed by atoms with Gasteiger partial charge in [-0.1, -0.05) is 0 Å². The standard InChI is InChI=1S/C10H13NO6/c1-3-17-8(13)10(11(14)15)5-9(10)4-6(9)7(12)16-2/h6H,3-5H2,1-2H3. The number of esters is 2. The summed E-state index contributed by atoms with van der Waals surface area (Å²) in [6.45, 7) is 1.68. The zero-order valence-electron chi connectivity index (χ0n) is 9.60. The highest BCUT2D eigenvalue weighted by Crippen LogP contribution is 2.78. The fourth-order valence-electron chi connectivity index (χ4n) is 2.67. The zero-order chi connectivity index (χ0) is 12.8. The molecule has 1 spiro atoms. The lowest BCUT2D eigenvalue weighted by Crippen LogP contribution is -2.37. The number of methoxy groups -OCH3 is 1. The molecule has 0 N–H and O–H groups in total. The molecule has 3 unspecified atom stereocenters. The van der Waals surface area contributed by atoms with Crippen molar-refractivity contribution in [3.05, 3.63) is 10.1 Å². The van der Waals surface area contributed by atoms with Crippen LogP contribution in [-0.2, 0) is 19.1 Å². The van der Waals surface area contributed by atoms with Crippen LogP contribution in [0.5, 0.6) is 0 Å². The predicted molar refractivity (Wildman–Crippen MR) is 53.5 cm³/mol. The Labute approximate surface area is 97.2 Å². The molecule has 0 aromatic carbocycles. The first kappa shape index (κ1) is 11.8. The van der Waals surface area contributed by atoms with Crippen molar-refractivity contribution in [3.8, 4) is 0 Å². The van der Waals surface area contributed by atoms with Gasteiger partial charge in [-0.05, 0) is 13.3 Å². The van der Waals surface area contributed by atoms with Gasteiger partial charge in [-0.25, -0.2) is 4.79 Å². The number of carbonyl (C=O) groups excluding carboxylic acids is 2. The van der Waals surface area contributed by atoms with Crippen LogP contribution >= 0.6 is 0 Å². The van der Waals surface area contributed by atoms with Gasteiger partial charge < -0.3 is 9.47 Å². The molecule has 0 aromatic heterocycles. The fraction of sp³-hybridized carbons (Fsp3) is 0.800. The molecule has 2 rings (SSSR count). The van der Waals surface area contributed by atoms with Gasteiger partial charge in [0.1, 0.15) is 0 Å². The zero-order valence-corrected chi connectivity index (χ0v) is 9.60.